The van der Waals surface area contributed by atoms with E-state index in [0.29, 0.717) is 5.75 Å². The first-order valence-corrected chi connectivity index (χ1v) is 10.2. The van der Waals surface area contributed by atoms with Gasteiger partial charge in [-0.2, -0.15) is 5.26 Å². The molecule has 1 unspecified atom stereocenters. The van der Waals surface area contributed by atoms with Crippen LogP contribution in [0.15, 0.2) is 90.6 Å². The lowest BCUT2D eigenvalue weighted by Crippen LogP contribution is -2.28. The van der Waals surface area contributed by atoms with Crippen LogP contribution in [0.4, 0.5) is 5.69 Å². The number of benzene rings is 3. The Kier molecular flexibility index (Phi) is 7.45. The van der Waals surface area contributed by atoms with Gasteiger partial charge in [0, 0.05) is 11.9 Å². The number of nitrogens with one attached hydrogen (secondary N) is 2. The second kappa shape index (κ2) is 10.7. The highest BCUT2D eigenvalue weighted by Gasteiger charge is 2.13. The molecule has 1 atom stereocenters. The van der Waals surface area contributed by atoms with Crippen LogP contribution in [-0.4, -0.2) is 5.91 Å². The monoisotopic (exact) mass is 411 g/mol. The summed E-state index contributed by atoms with van der Waals surface area (Å²) in [7, 11) is 0. The Bertz CT molecular complexity index is 1070. The van der Waals surface area contributed by atoms with Crippen LogP contribution >= 0.6 is 0 Å². The molecular weight excluding hydrogens is 386 g/mol. The lowest BCUT2D eigenvalue weighted by Gasteiger charge is -2.14. The molecule has 0 aliphatic carbocycles. The van der Waals surface area contributed by atoms with Gasteiger partial charge in [0.15, 0.2) is 0 Å². The van der Waals surface area contributed by atoms with Gasteiger partial charge in [0.1, 0.15) is 23.1 Å². The Balaban J connectivity index is 1.59. The Labute approximate surface area is 183 Å². The van der Waals surface area contributed by atoms with E-state index in [9.17, 15) is 10.1 Å². The number of aryl methyl sites for hydroxylation is 1. The molecule has 156 valence electrons. The number of nitrogens with zero attached hydrogens (tertiary/aromatic N) is 1. The summed E-state index contributed by atoms with van der Waals surface area (Å²) in [4.78, 5) is 12.5. The van der Waals surface area contributed by atoms with E-state index in [1.165, 1.54) is 11.8 Å². The number of anilines is 1. The predicted octanol–water partition coefficient (Wildman–Crippen LogP) is 5.74. The molecule has 0 heterocycles. The Morgan fingerprint density at radius 1 is 1.00 bits per heavy atom. The molecule has 3 aromatic carbocycles. The first-order valence-electron chi connectivity index (χ1n) is 10.2. The number of carbonyl (C=O) groups is 1. The third-order valence-electron chi connectivity index (χ3n) is 4.82. The van der Waals surface area contributed by atoms with Gasteiger partial charge in [0.25, 0.3) is 5.91 Å². The summed E-state index contributed by atoms with van der Waals surface area (Å²) in [6.07, 6.45) is 2.38. The quantitative estimate of drug-likeness (QED) is 0.366. The fraction of sp³-hybridized carbons (Fsp3) is 0.154. The van der Waals surface area contributed by atoms with E-state index >= 15 is 0 Å². The van der Waals surface area contributed by atoms with E-state index in [2.05, 4.69) is 17.6 Å². The number of ether oxygens (including phenoxy) is 1. The number of nitriles is 1. The second-order valence-corrected chi connectivity index (χ2v) is 7.04. The summed E-state index contributed by atoms with van der Waals surface area (Å²) in [6, 6.07) is 26.6. The molecule has 0 spiro atoms. The SMILES string of the molecule is CCc1ccc(C(C)NC(=O)/C(C#N)=C\Nc2ccc(Oc3ccccc3)cc2)cc1. The molecule has 0 radical (unpaired) electrons. The van der Waals surface area contributed by atoms with Crippen molar-refractivity contribution in [2.24, 2.45) is 0 Å². The maximum absolute atomic E-state index is 12.5. The molecule has 5 heteroatoms. The molecule has 0 aliphatic rings. The number of para-hydroxylation sites is 1. The van der Waals surface area contributed by atoms with Gasteiger partial charge in [-0.3, -0.25) is 4.79 Å². The van der Waals surface area contributed by atoms with Crippen molar-refractivity contribution >= 4 is 11.6 Å². The van der Waals surface area contributed by atoms with E-state index in [4.69, 9.17) is 4.74 Å². The Morgan fingerprint density at radius 3 is 2.26 bits per heavy atom. The van der Waals surface area contributed by atoms with Gasteiger partial charge in [-0.25, -0.2) is 0 Å². The topological polar surface area (TPSA) is 74.2 Å². The van der Waals surface area contributed by atoms with Crippen molar-refractivity contribution < 1.29 is 9.53 Å². The fourth-order valence-electron chi connectivity index (χ4n) is 2.95. The van der Waals surface area contributed by atoms with Crippen molar-refractivity contribution in [1.29, 1.82) is 5.26 Å². The molecular formula is C26H25N3O2. The van der Waals surface area contributed by atoms with Crippen LogP contribution in [0.3, 0.4) is 0 Å². The zero-order valence-corrected chi connectivity index (χ0v) is 17.6. The molecule has 1 amide bonds. The van der Waals surface area contributed by atoms with Crippen LogP contribution in [0, 0.1) is 11.3 Å². The van der Waals surface area contributed by atoms with Crippen LogP contribution in [0.2, 0.25) is 0 Å². The standard InChI is InChI=1S/C26H25N3O2/c1-3-20-9-11-21(12-10-20)19(2)29-26(30)22(17-27)18-28-23-13-15-25(16-14-23)31-24-7-5-4-6-8-24/h4-16,18-19,28H,3H2,1-2H3,(H,29,30)/b22-18-. The lowest BCUT2D eigenvalue weighted by atomic mass is 10.0. The van der Waals surface area contributed by atoms with Gasteiger partial charge in [-0.05, 0) is 60.9 Å². The highest BCUT2D eigenvalue weighted by Crippen LogP contribution is 2.22. The Hall–Kier alpha value is -4.04. The first kappa shape index (κ1) is 21.7. The lowest BCUT2D eigenvalue weighted by molar-refractivity contribution is -0.117. The van der Waals surface area contributed by atoms with Crippen molar-refractivity contribution in [2.45, 2.75) is 26.3 Å². The number of hydrogen-bond donors (Lipinski definition) is 2. The van der Waals surface area contributed by atoms with Crippen LogP contribution in [0.5, 0.6) is 11.5 Å². The fourth-order valence-corrected chi connectivity index (χ4v) is 2.95. The third kappa shape index (κ3) is 6.22. The van der Waals surface area contributed by atoms with Crippen molar-refractivity contribution in [1.82, 2.24) is 5.32 Å². The maximum Gasteiger partial charge on any atom is 0.263 e. The molecule has 3 rings (SSSR count). The minimum Gasteiger partial charge on any atom is -0.457 e. The predicted molar refractivity (Wildman–Crippen MR) is 123 cm³/mol. The molecule has 0 saturated heterocycles. The molecule has 0 saturated carbocycles. The second-order valence-electron chi connectivity index (χ2n) is 7.04. The molecule has 2 N–H and O–H groups in total. The minimum absolute atomic E-state index is 0.00152. The van der Waals surface area contributed by atoms with E-state index in [1.54, 1.807) is 0 Å². The van der Waals surface area contributed by atoms with Gasteiger partial charge in [-0.1, -0.05) is 49.4 Å². The van der Waals surface area contributed by atoms with Crippen molar-refractivity contribution in [2.75, 3.05) is 5.32 Å². The van der Waals surface area contributed by atoms with Gasteiger partial charge in [0.05, 0.1) is 6.04 Å². The number of amides is 1. The third-order valence-corrected chi connectivity index (χ3v) is 4.82. The average molecular weight is 412 g/mol. The average Bonchev–Trinajstić information content (AvgIpc) is 2.81. The van der Waals surface area contributed by atoms with Crippen molar-refractivity contribution in [3.63, 3.8) is 0 Å². The highest BCUT2D eigenvalue weighted by atomic mass is 16.5. The molecule has 3 aromatic rings. The molecule has 5 nitrogen and oxygen atoms in total. The van der Waals surface area contributed by atoms with E-state index in [1.807, 2.05) is 91.9 Å². The number of carbonyl (C=O) groups excluding carboxylic acids is 1. The van der Waals surface area contributed by atoms with Gasteiger partial charge in [-0.15, -0.1) is 0 Å². The van der Waals surface area contributed by atoms with Crippen LogP contribution in [0.25, 0.3) is 0 Å². The summed E-state index contributed by atoms with van der Waals surface area (Å²) >= 11 is 0. The number of rotatable bonds is 8. The Morgan fingerprint density at radius 2 is 1.65 bits per heavy atom. The van der Waals surface area contributed by atoms with E-state index < -0.39 is 5.91 Å². The zero-order chi connectivity index (χ0) is 22.1. The molecule has 31 heavy (non-hydrogen) atoms. The molecule has 0 bridgehead atoms. The summed E-state index contributed by atoms with van der Waals surface area (Å²) in [6.45, 7) is 3.99. The normalized spacial score (nSPS) is 11.8. The van der Waals surface area contributed by atoms with Crippen LogP contribution in [-0.2, 0) is 11.2 Å². The zero-order valence-electron chi connectivity index (χ0n) is 17.6. The van der Waals surface area contributed by atoms with Crippen molar-refractivity contribution in [3.05, 3.63) is 102 Å². The summed E-state index contributed by atoms with van der Waals surface area (Å²) in [5.41, 5.74) is 2.97. The molecule has 0 aromatic heterocycles. The largest absolute Gasteiger partial charge is 0.457 e. The summed E-state index contributed by atoms with van der Waals surface area (Å²) in [5, 5.41) is 15.3. The van der Waals surface area contributed by atoms with Crippen LogP contribution < -0.4 is 15.4 Å². The summed E-state index contributed by atoms with van der Waals surface area (Å²) < 4.78 is 5.76. The van der Waals surface area contributed by atoms with Gasteiger partial charge < -0.3 is 15.4 Å². The molecule has 0 aliphatic heterocycles. The van der Waals surface area contributed by atoms with Crippen LogP contribution in [0.1, 0.15) is 31.0 Å². The van der Waals surface area contributed by atoms with Crippen molar-refractivity contribution in [3.8, 4) is 17.6 Å². The maximum atomic E-state index is 12.5. The first-order chi connectivity index (χ1) is 15.1. The van der Waals surface area contributed by atoms with Gasteiger partial charge >= 0.3 is 0 Å². The summed E-state index contributed by atoms with van der Waals surface area (Å²) in [5.74, 6) is 1.03. The molecule has 0 fully saturated rings. The highest BCUT2D eigenvalue weighted by molar-refractivity contribution is 5.97. The van der Waals surface area contributed by atoms with Gasteiger partial charge in [0.2, 0.25) is 0 Å². The van der Waals surface area contributed by atoms with E-state index in [0.717, 1.165) is 23.4 Å². The van der Waals surface area contributed by atoms with E-state index in [-0.39, 0.29) is 11.6 Å². The number of hydrogen-bond acceptors (Lipinski definition) is 4. The minimum atomic E-state index is -0.425. The smallest absolute Gasteiger partial charge is 0.263 e.